The molecule has 15 rings (SSSR count). The molecule has 1 aromatic heterocycles. The lowest BCUT2D eigenvalue weighted by Crippen LogP contribution is -2.10. The van der Waals surface area contributed by atoms with Crippen LogP contribution >= 0.6 is 0 Å². The number of hydrogen-bond acceptors (Lipinski definition) is 2. The van der Waals surface area contributed by atoms with E-state index in [-0.39, 0.29) is 5.41 Å². The average Bonchev–Trinajstić information content (AvgIpc) is 3.85. The number of hydrogen-bond donors (Lipinski definition) is 0. The summed E-state index contributed by atoms with van der Waals surface area (Å²) in [6.45, 7) is 6.75. The lowest BCUT2D eigenvalue weighted by molar-refractivity contribution is 0.590. The Morgan fingerprint density at radius 1 is 0.296 bits per heavy atom. The molecular formula is C69H45NO. The Bertz CT molecular complexity index is 4600. The first-order chi connectivity index (χ1) is 34.8. The monoisotopic (exact) mass is 903 g/mol. The van der Waals surface area contributed by atoms with Gasteiger partial charge in [-0.1, -0.05) is 197 Å². The molecule has 1 heterocycles. The Morgan fingerprint density at radius 2 is 0.634 bits per heavy atom. The lowest BCUT2D eigenvalue weighted by atomic mass is 9.80. The fourth-order valence-electron chi connectivity index (χ4n) is 12.2. The van der Waals surface area contributed by atoms with Crippen molar-refractivity contribution in [1.82, 2.24) is 4.98 Å². The predicted molar refractivity (Wildman–Crippen MR) is 303 cm³/mol. The summed E-state index contributed by atoms with van der Waals surface area (Å²) in [7, 11) is 0. The third-order valence-electron chi connectivity index (χ3n) is 15.6. The maximum absolute atomic E-state index is 6.91. The molecule has 71 heavy (non-hydrogen) atoms. The van der Waals surface area contributed by atoms with Crippen molar-refractivity contribution < 1.29 is 4.42 Å². The van der Waals surface area contributed by atoms with Crippen molar-refractivity contribution in [2.24, 2.45) is 0 Å². The number of aromatic nitrogens is 1. The summed E-state index contributed by atoms with van der Waals surface area (Å²) < 4.78 is 6.91. The second-order valence-electron chi connectivity index (χ2n) is 20.5. The fraction of sp³-hybridized carbons (Fsp3) is 0.0580. The van der Waals surface area contributed by atoms with Crippen LogP contribution in [-0.2, 0) is 5.41 Å². The zero-order valence-corrected chi connectivity index (χ0v) is 39.6. The molecule has 0 amide bonds. The molecule has 0 fully saturated rings. The first kappa shape index (κ1) is 40.1. The molecule has 0 bridgehead atoms. The molecule has 0 aliphatic carbocycles. The number of rotatable bonds is 4. The minimum absolute atomic E-state index is 0.0350. The van der Waals surface area contributed by atoms with Crippen LogP contribution in [0, 0.1) is 0 Å². The van der Waals surface area contributed by atoms with Crippen molar-refractivity contribution in [3.05, 3.63) is 224 Å². The molecule has 0 aliphatic rings. The number of benzene rings is 14. The van der Waals surface area contributed by atoms with Crippen molar-refractivity contribution in [3.8, 4) is 44.8 Å². The van der Waals surface area contributed by atoms with Crippen molar-refractivity contribution in [1.29, 1.82) is 0 Å². The highest BCUT2D eigenvalue weighted by Crippen LogP contribution is 2.52. The average molecular weight is 904 g/mol. The summed E-state index contributed by atoms with van der Waals surface area (Å²) in [6, 6.07) is 81.4. The zero-order valence-electron chi connectivity index (χ0n) is 39.6. The number of oxazole rings is 1. The van der Waals surface area contributed by atoms with Gasteiger partial charge in [0.1, 0.15) is 5.52 Å². The van der Waals surface area contributed by atoms with E-state index < -0.39 is 0 Å². The Hall–Kier alpha value is -8.85. The van der Waals surface area contributed by atoms with Gasteiger partial charge in [0.15, 0.2) is 5.58 Å². The van der Waals surface area contributed by atoms with Crippen molar-refractivity contribution >= 4 is 108 Å². The normalized spacial score (nSPS) is 12.4. The topological polar surface area (TPSA) is 26.0 Å². The maximum atomic E-state index is 6.91. The fourth-order valence-corrected chi connectivity index (χ4v) is 12.2. The third-order valence-corrected chi connectivity index (χ3v) is 15.6. The molecule has 0 saturated heterocycles. The van der Waals surface area contributed by atoms with Crippen molar-refractivity contribution in [2.75, 3.05) is 0 Å². The van der Waals surface area contributed by atoms with Gasteiger partial charge in [0.05, 0.1) is 0 Å². The summed E-state index contributed by atoms with van der Waals surface area (Å²) in [5.74, 6) is 0.622. The zero-order chi connectivity index (χ0) is 47.1. The minimum atomic E-state index is -0.0350. The molecule has 14 aromatic carbocycles. The van der Waals surface area contributed by atoms with Gasteiger partial charge < -0.3 is 4.42 Å². The van der Waals surface area contributed by atoms with Gasteiger partial charge in [0.25, 0.3) is 0 Å². The lowest BCUT2D eigenvalue weighted by Gasteiger charge is -2.23. The van der Waals surface area contributed by atoms with Gasteiger partial charge in [0.2, 0.25) is 5.89 Å². The standard InChI is InChI=1S/C69H45NO/c1-69(2,3)43-28-33-65-64(37-43)70-68(71-65)63-39-62(59-36-42-18-6-9-21-46(42)49-24-12-15-27-52(49)59)55-30-29-53-60(57-34-40-16-4-7-19-44(40)47-22-10-13-25-50(47)57)38-61(54-31-32-56(63)67(55)66(53)54)58-35-41-17-5-8-20-45(41)48-23-11-14-26-51(48)58/h4-39H,1-3H3. The maximum Gasteiger partial charge on any atom is 0.227 e. The molecule has 0 aliphatic heterocycles. The third kappa shape index (κ3) is 5.92. The molecule has 15 aromatic rings. The molecule has 0 N–H and O–H groups in total. The van der Waals surface area contributed by atoms with Gasteiger partial charge in [0, 0.05) is 5.56 Å². The van der Waals surface area contributed by atoms with E-state index >= 15 is 0 Å². The first-order valence-corrected chi connectivity index (χ1v) is 24.8. The molecule has 2 heteroatoms. The van der Waals surface area contributed by atoms with E-state index in [0.717, 1.165) is 27.6 Å². The highest BCUT2D eigenvalue weighted by Gasteiger charge is 2.26. The Morgan fingerprint density at radius 3 is 1.04 bits per heavy atom. The van der Waals surface area contributed by atoms with Crippen LogP contribution in [0.5, 0.6) is 0 Å². The molecule has 332 valence electrons. The molecule has 0 radical (unpaired) electrons. The van der Waals surface area contributed by atoms with Gasteiger partial charge in [-0.3, -0.25) is 0 Å². The van der Waals surface area contributed by atoms with E-state index in [4.69, 9.17) is 9.40 Å². The van der Waals surface area contributed by atoms with Gasteiger partial charge in [-0.05, 0) is 184 Å². The summed E-state index contributed by atoms with van der Waals surface area (Å²) in [4.78, 5) is 5.38. The highest BCUT2D eigenvalue weighted by molar-refractivity contribution is 6.34. The van der Waals surface area contributed by atoms with E-state index in [1.807, 2.05) is 0 Å². The number of fused-ring (bicyclic) bond motifs is 10. The summed E-state index contributed by atoms with van der Waals surface area (Å²) >= 11 is 0. The molecule has 0 unspecified atom stereocenters. The van der Waals surface area contributed by atoms with Crippen LogP contribution in [0.1, 0.15) is 26.3 Å². The molecule has 0 saturated carbocycles. The number of nitrogens with zero attached hydrogens (tertiary/aromatic N) is 1. The van der Waals surface area contributed by atoms with Crippen LogP contribution in [0.3, 0.4) is 0 Å². The molecule has 0 spiro atoms. The van der Waals surface area contributed by atoms with Crippen molar-refractivity contribution in [3.63, 3.8) is 0 Å². The molecule has 2 nitrogen and oxygen atoms in total. The van der Waals surface area contributed by atoms with E-state index in [1.165, 1.54) is 125 Å². The Balaban J connectivity index is 1.14. The van der Waals surface area contributed by atoms with E-state index in [1.54, 1.807) is 0 Å². The van der Waals surface area contributed by atoms with E-state index in [9.17, 15) is 0 Å². The first-order valence-electron chi connectivity index (χ1n) is 24.8. The largest absolute Gasteiger partial charge is 0.436 e. The quantitative estimate of drug-likeness (QED) is 0.165. The van der Waals surface area contributed by atoms with Crippen LogP contribution in [-0.4, -0.2) is 4.98 Å². The molecular weight excluding hydrogens is 859 g/mol. The van der Waals surface area contributed by atoms with Crippen LogP contribution < -0.4 is 0 Å². The minimum Gasteiger partial charge on any atom is -0.436 e. The van der Waals surface area contributed by atoms with Crippen LogP contribution in [0.25, 0.3) is 153 Å². The predicted octanol–water partition coefficient (Wildman–Crippen LogP) is 19.6. The smallest absolute Gasteiger partial charge is 0.227 e. The van der Waals surface area contributed by atoms with E-state index in [2.05, 4.69) is 239 Å². The van der Waals surface area contributed by atoms with E-state index in [0.29, 0.717) is 5.89 Å². The summed E-state index contributed by atoms with van der Waals surface area (Å²) in [5.41, 5.74) is 11.0. The summed E-state index contributed by atoms with van der Waals surface area (Å²) in [5, 5.41) is 22.0. The van der Waals surface area contributed by atoms with Gasteiger partial charge in [-0.25, -0.2) is 4.98 Å². The molecule has 0 atom stereocenters. The van der Waals surface area contributed by atoms with Gasteiger partial charge in [-0.15, -0.1) is 0 Å². The second kappa shape index (κ2) is 14.8. The second-order valence-corrected chi connectivity index (χ2v) is 20.5. The van der Waals surface area contributed by atoms with Crippen molar-refractivity contribution in [2.45, 2.75) is 26.2 Å². The Labute approximate surface area is 410 Å². The van der Waals surface area contributed by atoms with Crippen LogP contribution in [0.4, 0.5) is 0 Å². The Kier molecular flexibility index (Phi) is 8.37. The highest BCUT2D eigenvalue weighted by atomic mass is 16.3. The van der Waals surface area contributed by atoms with Gasteiger partial charge in [-0.2, -0.15) is 0 Å². The van der Waals surface area contributed by atoms with Gasteiger partial charge >= 0.3 is 0 Å². The SMILES string of the molecule is CC(C)(C)c1ccc2oc(-c3cc(-c4cc5ccccc5c5ccccc45)c4ccc5c(-c6cc7ccccc7c7ccccc67)cc(-c6cc7ccccc7c7ccccc67)c6ccc3c4c65)nc2c1. The van der Waals surface area contributed by atoms with Crippen LogP contribution in [0.2, 0.25) is 0 Å². The van der Waals surface area contributed by atoms with Crippen LogP contribution in [0.15, 0.2) is 223 Å². The summed E-state index contributed by atoms with van der Waals surface area (Å²) in [6.07, 6.45) is 0.